The summed E-state index contributed by atoms with van der Waals surface area (Å²) in [4.78, 5) is 21.5. The number of ketones is 1. The molecule has 13 heavy (non-hydrogen) atoms. The molecule has 1 aliphatic carbocycles. The summed E-state index contributed by atoms with van der Waals surface area (Å²) >= 11 is 0. The number of aliphatic hydroxyl groups excluding tert-OH is 1. The predicted molar refractivity (Wildman–Crippen MR) is 45.1 cm³/mol. The Morgan fingerprint density at radius 2 is 2.15 bits per heavy atom. The van der Waals surface area contributed by atoms with E-state index in [9.17, 15) is 14.7 Å². The zero-order chi connectivity index (χ0) is 10.0. The Labute approximate surface area is 75.9 Å². The van der Waals surface area contributed by atoms with E-state index in [-0.39, 0.29) is 17.8 Å². The number of hydrogen-bond acceptors (Lipinski definition) is 3. The zero-order valence-corrected chi connectivity index (χ0v) is 7.19. The molecule has 4 heteroatoms. The largest absolute Gasteiger partial charge is 0.478 e. The molecular formula is C9H12O4. The number of hydrogen-bond donors (Lipinski definition) is 2. The third kappa shape index (κ3) is 2.15. The molecule has 0 radical (unpaired) electrons. The molecule has 2 atom stereocenters. The molecule has 0 spiro atoms. The summed E-state index contributed by atoms with van der Waals surface area (Å²) in [5.41, 5.74) is -0.0689. The standard InChI is InChI=1S/C9H12O4/c1-5(9(12)13)7-4-6(10)2-3-8(7)11/h7-8,11H,1-4H2,(H,12,13). The highest BCUT2D eigenvalue weighted by Crippen LogP contribution is 2.27. The predicted octanol–water partition coefficient (Wildman–Crippen LogP) is 0.357. The SMILES string of the molecule is C=C(C(=O)O)C1CC(=O)CCC1O. The van der Waals surface area contributed by atoms with Gasteiger partial charge in [-0.15, -0.1) is 0 Å². The van der Waals surface area contributed by atoms with Crippen molar-refractivity contribution in [1.29, 1.82) is 0 Å². The zero-order valence-electron chi connectivity index (χ0n) is 7.19. The fraction of sp³-hybridized carbons (Fsp3) is 0.556. The molecule has 0 bridgehead atoms. The minimum Gasteiger partial charge on any atom is -0.478 e. The van der Waals surface area contributed by atoms with Crippen molar-refractivity contribution in [3.63, 3.8) is 0 Å². The van der Waals surface area contributed by atoms with Crippen molar-refractivity contribution >= 4 is 11.8 Å². The van der Waals surface area contributed by atoms with Crippen LogP contribution in [0.1, 0.15) is 19.3 Å². The van der Waals surface area contributed by atoms with Crippen LogP contribution in [0.15, 0.2) is 12.2 Å². The van der Waals surface area contributed by atoms with Crippen molar-refractivity contribution in [3.8, 4) is 0 Å². The van der Waals surface area contributed by atoms with Crippen molar-refractivity contribution in [2.45, 2.75) is 25.4 Å². The van der Waals surface area contributed by atoms with Crippen LogP contribution in [0, 0.1) is 5.92 Å². The average molecular weight is 184 g/mol. The summed E-state index contributed by atoms with van der Waals surface area (Å²) in [5.74, 6) is -1.74. The second kappa shape index (κ2) is 3.70. The number of aliphatic hydroxyl groups is 1. The molecule has 0 heterocycles. The van der Waals surface area contributed by atoms with E-state index in [1.54, 1.807) is 0 Å². The lowest BCUT2D eigenvalue weighted by atomic mass is 9.81. The van der Waals surface area contributed by atoms with Crippen molar-refractivity contribution < 1.29 is 19.8 Å². The molecule has 1 rings (SSSR count). The van der Waals surface area contributed by atoms with Crippen LogP contribution in [-0.4, -0.2) is 28.1 Å². The van der Waals surface area contributed by atoms with Gasteiger partial charge in [-0.25, -0.2) is 4.79 Å². The monoisotopic (exact) mass is 184 g/mol. The molecular weight excluding hydrogens is 172 g/mol. The van der Waals surface area contributed by atoms with Gasteiger partial charge in [0.05, 0.1) is 6.10 Å². The minimum atomic E-state index is -1.14. The lowest BCUT2D eigenvalue weighted by Gasteiger charge is -2.26. The maximum Gasteiger partial charge on any atom is 0.331 e. The first-order chi connectivity index (χ1) is 6.02. The van der Waals surface area contributed by atoms with Gasteiger partial charge < -0.3 is 10.2 Å². The molecule has 72 valence electrons. The van der Waals surface area contributed by atoms with Gasteiger partial charge in [-0.2, -0.15) is 0 Å². The number of carbonyl (C=O) groups is 2. The van der Waals surface area contributed by atoms with Crippen LogP contribution in [0.3, 0.4) is 0 Å². The van der Waals surface area contributed by atoms with Crippen LogP contribution in [0.25, 0.3) is 0 Å². The topological polar surface area (TPSA) is 74.6 Å². The highest BCUT2D eigenvalue weighted by atomic mass is 16.4. The highest BCUT2D eigenvalue weighted by Gasteiger charge is 2.32. The molecule has 2 unspecified atom stereocenters. The summed E-state index contributed by atoms with van der Waals surface area (Å²) in [6.07, 6.45) is 0.0495. The first kappa shape index (κ1) is 9.92. The first-order valence-corrected chi connectivity index (χ1v) is 4.14. The molecule has 0 aromatic heterocycles. The first-order valence-electron chi connectivity index (χ1n) is 4.14. The number of Topliss-reactive ketones (excluding diaryl/α,β-unsaturated/α-hetero) is 1. The normalized spacial score (nSPS) is 28.5. The lowest BCUT2D eigenvalue weighted by Crippen LogP contribution is -2.32. The highest BCUT2D eigenvalue weighted by molar-refractivity contribution is 5.89. The van der Waals surface area contributed by atoms with E-state index in [2.05, 4.69) is 6.58 Å². The summed E-state index contributed by atoms with van der Waals surface area (Å²) in [7, 11) is 0. The Morgan fingerprint density at radius 3 is 2.69 bits per heavy atom. The number of carboxylic acids is 1. The third-order valence-electron chi connectivity index (χ3n) is 2.35. The van der Waals surface area contributed by atoms with Crippen LogP contribution in [-0.2, 0) is 9.59 Å². The fourth-order valence-electron chi connectivity index (χ4n) is 1.51. The van der Waals surface area contributed by atoms with E-state index in [1.165, 1.54) is 0 Å². The van der Waals surface area contributed by atoms with Gasteiger partial charge in [0.2, 0.25) is 0 Å². The maximum absolute atomic E-state index is 11.0. The van der Waals surface area contributed by atoms with Crippen LogP contribution < -0.4 is 0 Å². The Hall–Kier alpha value is -1.16. The van der Waals surface area contributed by atoms with E-state index in [0.29, 0.717) is 12.8 Å². The van der Waals surface area contributed by atoms with Crippen LogP contribution in [0.4, 0.5) is 0 Å². The minimum absolute atomic E-state index is 0.00213. The molecule has 1 fully saturated rings. The van der Waals surface area contributed by atoms with Gasteiger partial charge in [0.25, 0.3) is 0 Å². The molecule has 4 nitrogen and oxygen atoms in total. The number of carbonyl (C=O) groups excluding carboxylic acids is 1. The number of rotatable bonds is 2. The van der Waals surface area contributed by atoms with Crippen LogP contribution in [0.2, 0.25) is 0 Å². The van der Waals surface area contributed by atoms with Gasteiger partial charge in [-0.3, -0.25) is 4.79 Å². The van der Waals surface area contributed by atoms with E-state index >= 15 is 0 Å². The van der Waals surface area contributed by atoms with E-state index in [1.807, 2.05) is 0 Å². The van der Waals surface area contributed by atoms with Gasteiger partial charge in [0, 0.05) is 24.3 Å². The Bertz CT molecular complexity index is 256. The summed E-state index contributed by atoms with van der Waals surface area (Å²) in [6.45, 7) is 3.35. The molecule has 0 saturated heterocycles. The quantitative estimate of drug-likeness (QED) is 0.607. The van der Waals surface area contributed by atoms with Gasteiger partial charge in [0.15, 0.2) is 0 Å². The molecule has 2 N–H and O–H groups in total. The molecule has 1 aliphatic rings. The van der Waals surface area contributed by atoms with E-state index in [0.717, 1.165) is 0 Å². The van der Waals surface area contributed by atoms with E-state index < -0.39 is 18.0 Å². The summed E-state index contributed by atoms with van der Waals surface area (Å²) < 4.78 is 0. The fourth-order valence-corrected chi connectivity index (χ4v) is 1.51. The second-order valence-corrected chi connectivity index (χ2v) is 3.29. The number of aliphatic carboxylic acids is 1. The summed E-state index contributed by atoms with van der Waals surface area (Å²) in [6, 6.07) is 0. The third-order valence-corrected chi connectivity index (χ3v) is 2.35. The van der Waals surface area contributed by atoms with Crippen molar-refractivity contribution in [1.82, 2.24) is 0 Å². The van der Waals surface area contributed by atoms with Gasteiger partial charge in [0.1, 0.15) is 5.78 Å². The van der Waals surface area contributed by atoms with Crippen LogP contribution in [0.5, 0.6) is 0 Å². The van der Waals surface area contributed by atoms with Crippen molar-refractivity contribution in [2.75, 3.05) is 0 Å². The van der Waals surface area contributed by atoms with Gasteiger partial charge in [-0.05, 0) is 6.42 Å². The van der Waals surface area contributed by atoms with Gasteiger partial charge in [-0.1, -0.05) is 6.58 Å². The van der Waals surface area contributed by atoms with Crippen molar-refractivity contribution in [3.05, 3.63) is 12.2 Å². The average Bonchev–Trinajstić information content (AvgIpc) is 2.08. The summed E-state index contributed by atoms with van der Waals surface area (Å²) in [5, 5.41) is 18.0. The Balaban J connectivity index is 2.71. The number of carboxylic acid groups (broad SMARTS) is 1. The molecule has 0 aromatic rings. The molecule has 1 saturated carbocycles. The smallest absolute Gasteiger partial charge is 0.331 e. The molecule has 0 aliphatic heterocycles. The molecule has 0 aromatic carbocycles. The molecule has 0 amide bonds. The van der Waals surface area contributed by atoms with Gasteiger partial charge >= 0.3 is 5.97 Å². The van der Waals surface area contributed by atoms with E-state index in [4.69, 9.17) is 5.11 Å². The van der Waals surface area contributed by atoms with Crippen LogP contribution >= 0.6 is 0 Å². The Morgan fingerprint density at radius 1 is 1.54 bits per heavy atom. The lowest BCUT2D eigenvalue weighted by molar-refractivity contribution is -0.134. The maximum atomic E-state index is 11.0. The Kier molecular flexibility index (Phi) is 2.83. The second-order valence-electron chi connectivity index (χ2n) is 3.29. The van der Waals surface area contributed by atoms with Crippen molar-refractivity contribution in [2.24, 2.45) is 5.92 Å².